The minimum atomic E-state index is 0.665. The molecule has 0 unspecified atom stereocenters. The zero-order valence-electron chi connectivity index (χ0n) is 11.0. The van der Waals surface area contributed by atoms with Crippen LogP contribution in [0, 0.1) is 0 Å². The van der Waals surface area contributed by atoms with E-state index in [4.69, 9.17) is 12.2 Å². The number of hydrogen-bond donors (Lipinski definition) is 2. The molecule has 2 aromatic rings. The van der Waals surface area contributed by atoms with Crippen molar-refractivity contribution in [3.8, 4) is 0 Å². The Morgan fingerprint density at radius 2 is 2.26 bits per heavy atom. The molecule has 19 heavy (non-hydrogen) atoms. The molecule has 0 fully saturated rings. The summed E-state index contributed by atoms with van der Waals surface area (Å²) < 4.78 is 1.90. The quantitative estimate of drug-likeness (QED) is 0.823. The average Bonchev–Trinajstić information content (AvgIpc) is 2.89. The third kappa shape index (κ3) is 4.37. The molecule has 0 aliphatic heterocycles. The van der Waals surface area contributed by atoms with Gasteiger partial charge in [-0.05, 0) is 42.4 Å². The molecule has 0 saturated heterocycles. The zero-order chi connectivity index (χ0) is 13.5. The van der Waals surface area contributed by atoms with Crippen LogP contribution in [0.2, 0.25) is 0 Å². The van der Waals surface area contributed by atoms with E-state index in [9.17, 15) is 0 Å². The van der Waals surface area contributed by atoms with Crippen molar-refractivity contribution in [1.29, 1.82) is 0 Å². The van der Waals surface area contributed by atoms with Gasteiger partial charge in [0.25, 0.3) is 0 Å². The van der Waals surface area contributed by atoms with Gasteiger partial charge in [0.05, 0.1) is 6.54 Å². The van der Waals surface area contributed by atoms with Crippen molar-refractivity contribution >= 4 is 23.0 Å². The fourth-order valence-electron chi connectivity index (χ4n) is 1.74. The fourth-order valence-corrected chi connectivity index (χ4v) is 1.96. The first-order valence-electron chi connectivity index (χ1n) is 6.39. The third-order valence-electron chi connectivity index (χ3n) is 2.62. The van der Waals surface area contributed by atoms with Gasteiger partial charge in [-0.15, -0.1) is 0 Å². The largest absolute Gasteiger partial charge is 0.362 e. The van der Waals surface area contributed by atoms with Gasteiger partial charge in [0.15, 0.2) is 5.11 Å². The van der Waals surface area contributed by atoms with Crippen molar-refractivity contribution in [1.82, 2.24) is 15.1 Å². The summed E-state index contributed by atoms with van der Waals surface area (Å²) in [6.45, 7) is 3.76. The minimum absolute atomic E-state index is 0.665. The second-order valence-corrected chi connectivity index (χ2v) is 4.69. The number of hydrogen-bond acceptors (Lipinski definition) is 2. The molecule has 0 saturated carbocycles. The highest BCUT2D eigenvalue weighted by Gasteiger charge is 1.99. The molecule has 1 aromatic heterocycles. The smallest absolute Gasteiger partial charge is 0.170 e. The Bertz CT molecular complexity index is 522. The van der Waals surface area contributed by atoms with E-state index in [0.29, 0.717) is 5.11 Å². The number of nitrogens with one attached hydrogen (secondary N) is 2. The maximum absolute atomic E-state index is 5.22. The first-order valence-corrected chi connectivity index (χ1v) is 6.80. The Kier molecular flexibility index (Phi) is 4.92. The number of thiocarbonyl (C=S) groups is 1. The summed E-state index contributed by atoms with van der Waals surface area (Å²) in [5.41, 5.74) is 2.19. The molecule has 0 aliphatic carbocycles. The molecule has 1 aromatic carbocycles. The molecule has 0 amide bonds. The number of benzene rings is 1. The van der Waals surface area contributed by atoms with Gasteiger partial charge in [0.1, 0.15) is 0 Å². The molecular weight excluding hydrogens is 256 g/mol. The predicted molar refractivity (Wildman–Crippen MR) is 82.3 cm³/mol. The van der Waals surface area contributed by atoms with E-state index in [1.165, 1.54) is 5.56 Å². The molecule has 2 rings (SSSR count). The summed E-state index contributed by atoms with van der Waals surface area (Å²) in [4.78, 5) is 0. The van der Waals surface area contributed by atoms with E-state index in [2.05, 4.69) is 34.8 Å². The normalized spacial score (nSPS) is 10.2. The highest BCUT2D eigenvalue weighted by Crippen LogP contribution is 2.11. The lowest BCUT2D eigenvalue weighted by atomic mass is 10.2. The van der Waals surface area contributed by atoms with E-state index < -0.39 is 0 Å². The van der Waals surface area contributed by atoms with Gasteiger partial charge in [-0.2, -0.15) is 5.10 Å². The Balaban J connectivity index is 1.97. The van der Waals surface area contributed by atoms with Crippen LogP contribution >= 0.6 is 12.2 Å². The number of nitrogens with zero attached hydrogens (tertiary/aromatic N) is 2. The van der Waals surface area contributed by atoms with Crippen LogP contribution in [0.4, 0.5) is 5.69 Å². The Morgan fingerprint density at radius 3 is 3.00 bits per heavy atom. The summed E-state index contributed by atoms with van der Waals surface area (Å²) in [7, 11) is 0. The molecule has 0 radical (unpaired) electrons. The molecule has 2 N–H and O–H groups in total. The van der Waals surface area contributed by atoms with Crippen LogP contribution in [-0.2, 0) is 6.54 Å². The summed E-state index contributed by atoms with van der Waals surface area (Å²) in [5, 5.41) is 11.2. The van der Waals surface area contributed by atoms with Crippen molar-refractivity contribution in [3.05, 3.63) is 48.3 Å². The van der Waals surface area contributed by atoms with Crippen LogP contribution in [0.5, 0.6) is 0 Å². The Morgan fingerprint density at radius 1 is 1.37 bits per heavy atom. The topological polar surface area (TPSA) is 41.9 Å². The average molecular weight is 274 g/mol. The molecular formula is C14H18N4S. The molecule has 1 heterocycles. The van der Waals surface area contributed by atoms with Crippen molar-refractivity contribution < 1.29 is 0 Å². The Hall–Kier alpha value is -1.88. The van der Waals surface area contributed by atoms with Crippen LogP contribution in [0.1, 0.15) is 18.9 Å². The lowest BCUT2D eigenvalue weighted by molar-refractivity contribution is 0.687. The highest BCUT2D eigenvalue weighted by molar-refractivity contribution is 7.80. The van der Waals surface area contributed by atoms with Gasteiger partial charge in [-0.1, -0.05) is 19.1 Å². The first kappa shape index (κ1) is 13.5. The van der Waals surface area contributed by atoms with Crippen molar-refractivity contribution in [2.75, 3.05) is 11.9 Å². The van der Waals surface area contributed by atoms with Crippen LogP contribution in [0.25, 0.3) is 0 Å². The maximum Gasteiger partial charge on any atom is 0.170 e. The van der Waals surface area contributed by atoms with Crippen LogP contribution in [0.15, 0.2) is 42.7 Å². The van der Waals surface area contributed by atoms with E-state index >= 15 is 0 Å². The van der Waals surface area contributed by atoms with Gasteiger partial charge in [0.2, 0.25) is 0 Å². The van der Waals surface area contributed by atoms with Crippen molar-refractivity contribution in [3.63, 3.8) is 0 Å². The number of aromatic nitrogens is 2. The summed E-state index contributed by atoms with van der Waals surface area (Å²) in [6.07, 6.45) is 4.79. The van der Waals surface area contributed by atoms with Gasteiger partial charge in [0, 0.05) is 24.6 Å². The lowest BCUT2D eigenvalue weighted by Crippen LogP contribution is -2.28. The second kappa shape index (κ2) is 6.89. The molecule has 4 nitrogen and oxygen atoms in total. The van der Waals surface area contributed by atoms with Crippen molar-refractivity contribution in [2.24, 2.45) is 0 Å². The summed E-state index contributed by atoms with van der Waals surface area (Å²) in [5.74, 6) is 0. The molecule has 0 aliphatic rings. The highest BCUT2D eigenvalue weighted by atomic mass is 32.1. The van der Waals surface area contributed by atoms with E-state index in [0.717, 1.165) is 25.2 Å². The number of anilines is 1. The Labute approximate surface area is 118 Å². The van der Waals surface area contributed by atoms with Gasteiger partial charge in [-0.3, -0.25) is 4.68 Å². The van der Waals surface area contributed by atoms with Gasteiger partial charge < -0.3 is 10.6 Å². The lowest BCUT2D eigenvalue weighted by Gasteiger charge is -2.11. The molecule has 100 valence electrons. The molecule has 0 atom stereocenters. The maximum atomic E-state index is 5.22. The zero-order valence-corrected chi connectivity index (χ0v) is 11.8. The summed E-state index contributed by atoms with van der Waals surface area (Å²) >= 11 is 5.22. The second-order valence-electron chi connectivity index (χ2n) is 4.28. The standard InChI is InChI=1S/C14H18N4S/c1-2-7-15-14(19)17-13-6-3-5-12(10-13)11-18-9-4-8-16-18/h3-6,8-10H,2,7,11H2,1H3,(H2,15,17,19). The fraction of sp³-hybridized carbons (Fsp3) is 0.286. The molecule has 5 heteroatoms. The van der Waals surface area contributed by atoms with Crippen LogP contribution in [-0.4, -0.2) is 21.4 Å². The van der Waals surface area contributed by atoms with Crippen LogP contribution < -0.4 is 10.6 Å². The SMILES string of the molecule is CCCNC(=S)Nc1cccc(Cn2cccn2)c1. The van der Waals surface area contributed by atoms with Crippen LogP contribution in [0.3, 0.4) is 0 Å². The molecule has 0 bridgehead atoms. The first-order chi connectivity index (χ1) is 9.28. The number of rotatable bonds is 5. The van der Waals surface area contributed by atoms with Gasteiger partial charge >= 0.3 is 0 Å². The summed E-state index contributed by atoms with van der Waals surface area (Å²) in [6, 6.07) is 10.1. The van der Waals surface area contributed by atoms with E-state index in [1.54, 1.807) is 6.20 Å². The van der Waals surface area contributed by atoms with Crippen molar-refractivity contribution in [2.45, 2.75) is 19.9 Å². The third-order valence-corrected chi connectivity index (χ3v) is 2.87. The minimum Gasteiger partial charge on any atom is -0.362 e. The van der Waals surface area contributed by atoms with E-state index in [-0.39, 0.29) is 0 Å². The predicted octanol–water partition coefficient (Wildman–Crippen LogP) is 2.63. The van der Waals surface area contributed by atoms with Gasteiger partial charge in [-0.25, -0.2) is 0 Å². The molecule has 0 spiro atoms. The monoisotopic (exact) mass is 274 g/mol. The van der Waals surface area contributed by atoms with E-state index in [1.807, 2.05) is 29.1 Å².